The van der Waals surface area contributed by atoms with Gasteiger partial charge >= 0.3 is 5.97 Å². The largest absolute Gasteiger partial charge is 0.466 e. The van der Waals surface area contributed by atoms with E-state index in [2.05, 4.69) is 47.5 Å². The molecule has 0 amide bonds. The molecule has 1 unspecified atom stereocenters. The standard InChI is InChI=1S/C20H32N2O2/c1-3-13-21-19-16-22(15-17-8-6-5-7-9-17)14-12-18(19)10-11-20(23)24-4-2/h5-9,18-19,21H,3-4,10-16H2,1-2H3/t18?,19-/m1/s1. The van der Waals surface area contributed by atoms with Gasteiger partial charge in [0.25, 0.3) is 0 Å². The molecule has 0 radical (unpaired) electrons. The number of carbonyl (C=O) groups is 1. The van der Waals surface area contributed by atoms with Crippen molar-refractivity contribution in [2.75, 3.05) is 26.2 Å². The van der Waals surface area contributed by atoms with E-state index in [-0.39, 0.29) is 5.97 Å². The number of hydrogen-bond acceptors (Lipinski definition) is 4. The van der Waals surface area contributed by atoms with Gasteiger partial charge in [0.2, 0.25) is 0 Å². The predicted molar refractivity (Wildman–Crippen MR) is 97.8 cm³/mol. The van der Waals surface area contributed by atoms with E-state index in [1.807, 2.05) is 6.92 Å². The van der Waals surface area contributed by atoms with Crippen molar-refractivity contribution < 1.29 is 9.53 Å². The number of nitrogens with one attached hydrogen (secondary N) is 1. The zero-order chi connectivity index (χ0) is 17.2. The summed E-state index contributed by atoms with van der Waals surface area (Å²) in [5, 5.41) is 3.70. The normalized spacial score (nSPS) is 21.6. The fourth-order valence-corrected chi connectivity index (χ4v) is 3.50. The molecule has 2 rings (SSSR count). The first kappa shape index (κ1) is 18.9. The molecule has 1 aliphatic heterocycles. The molecule has 4 heteroatoms. The summed E-state index contributed by atoms with van der Waals surface area (Å²) in [6.45, 7) is 8.76. The van der Waals surface area contributed by atoms with Crippen molar-refractivity contribution in [2.24, 2.45) is 5.92 Å². The molecule has 24 heavy (non-hydrogen) atoms. The number of carbonyl (C=O) groups excluding carboxylic acids is 1. The second-order valence-corrected chi connectivity index (χ2v) is 6.67. The van der Waals surface area contributed by atoms with Crippen LogP contribution in [0.1, 0.15) is 45.1 Å². The lowest BCUT2D eigenvalue weighted by Crippen LogP contribution is -2.50. The molecule has 1 heterocycles. The van der Waals surface area contributed by atoms with Gasteiger partial charge in [0, 0.05) is 25.6 Å². The zero-order valence-electron chi connectivity index (χ0n) is 15.2. The van der Waals surface area contributed by atoms with E-state index in [1.54, 1.807) is 0 Å². The molecule has 4 nitrogen and oxygen atoms in total. The van der Waals surface area contributed by atoms with Crippen molar-refractivity contribution in [3.8, 4) is 0 Å². The topological polar surface area (TPSA) is 41.6 Å². The average molecular weight is 332 g/mol. The maximum Gasteiger partial charge on any atom is 0.305 e. The van der Waals surface area contributed by atoms with Crippen molar-refractivity contribution >= 4 is 5.97 Å². The Kier molecular flexibility index (Phi) is 8.26. The molecule has 0 saturated carbocycles. The number of ether oxygens (including phenoxy) is 1. The Morgan fingerprint density at radius 2 is 2.08 bits per heavy atom. The summed E-state index contributed by atoms with van der Waals surface area (Å²) in [7, 11) is 0. The highest BCUT2D eigenvalue weighted by Gasteiger charge is 2.29. The van der Waals surface area contributed by atoms with E-state index >= 15 is 0 Å². The van der Waals surface area contributed by atoms with Crippen molar-refractivity contribution in [1.82, 2.24) is 10.2 Å². The smallest absolute Gasteiger partial charge is 0.305 e. The number of benzene rings is 1. The first-order valence-corrected chi connectivity index (χ1v) is 9.38. The lowest BCUT2D eigenvalue weighted by Gasteiger charge is -2.39. The summed E-state index contributed by atoms with van der Waals surface area (Å²) >= 11 is 0. The molecule has 0 aromatic heterocycles. The van der Waals surface area contributed by atoms with Crippen LogP contribution in [0.4, 0.5) is 0 Å². The summed E-state index contributed by atoms with van der Waals surface area (Å²) in [4.78, 5) is 14.2. The van der Waals surface area contributed by atoms with Gasteiger partial charge in [-0.25, -0.2) is 0 Å². The van der Waals surface area contributed by atoms with E-state index in [1.165, 1.54) is 5.56 Å². The van der Waals surface area contributed by atoms with Gasteiger partial charge in [-0.05, 0) is 50.8 Å². The second kappa shape index (κ2) is 10.5. The van der Waals surface area contributed by atoms with Gasteiger partial charge in [-0.3, -0.25) is 9.69 Å². The number of esters is 1. The summed E-state index contributed by atoms with van der Waals surface area (Å²) in [6.07, 6.45) is 3.76. The highest BCUT2D eigenvalue weighted by atomic mass is 16.5. The molecular weight excluding hydrogens is 300 g/mol. The summed E-state index contributed by atoms with van der Waals surface area (Å²) < 4.78 is 5.08. The minimum atomic E-state index is -0.0570. The third kappa shape index (κ3) is 6.25. The van der Waals surface area contributed by atoms with Crippen LogP contribution in [0.15, 0.2) is 30.3 Å². The SMILES string of the molecule is CCCN[C@@H]1CN(Cc2ccccc2)CCC1CCC(=O)OCC. The average Bonchev–Trinajstić information content (AvgIpc) is 2.60. The van der Waals surface area contributed by atoms with Crippen LogP contribution in [0.5, 0.6) is 0 Å². The molecule has 1 aromatic carbocycles. The first-order chi connectivity index (χ1) is 11.7. The van der Waals surface area contributed by atoms with Crippen LogP contribution in [-0.4, -0.2) is 43.2 Å². The Hall–Kier alpha value is -1.39. The molecule has 0 spiro atoms. The fraction of sp³-hybridized carbons (Fsp3) is 0.650. The Morgan fingerprint density at radius 1 is 1.29 bits per heavy atom. The van der Waals surface area contributed by atoms with E-state index in [4.69, 9.17) is 4.74 Å². The van der Waals surface area contributed by atoms with Gasteiger partial charge in [-0.15, -0.1) is 0 Å². The van der Waals surface area contributed by atoms with Gasteiger partial charge < -0.3 is 10.1 Å². The third-order valence-corrected chi connectivity index (χ3v) is 4.77. The van der Waals surface area contributed by atoms with E-state index < -0.39 is 0 Å². The van der Waals surface area contributed by atoms with Crippen LogP contribution in [0, 0.1) is 5.92 Å². The summed E-state index contributed by atoms with van der Waals surface area (Å²) in [5.41, 5.74) is 1.37. The van der Waals surface area contributed by atoms with Crippen LogP contribution in [0.2, 0.25) is 0 Å². The Morgan fingerprint density at radius 3 is 2.79 bits per heavy atom. The Balaban J connectivity index is 1.87. The monoisotopic (exact) mass is 332 g/mol. The number of piperidine rings is 1. The molecule has 0 aliphatic carbocycles. The van der Waals surface area contributed by atoms with Crippen molar-refractivity contribution in [3.63, 3.8) is 0 Å². The van der Waals surface area contributed by atoms with E-state index in [0.29, 0.717) is 25.0 Å². The van der Waals surface area contributed by atoms with E-state index in [9.17, 15) is 4.79 Å². The molecule has 1 N–H and O–H groups in total. The molecule has 1 aromatic rings. The van der Waals surface area contributed by atoms with Gasteiger partial charge in [0.05, 0.1) is 6.61 Å². The van der Waals surface area contributed by atoms with Crippen LogP contribution in [0.3, 0.4) is 0 Å². The zero-order valence-corrected chi connectivity index (χ0v) is 15.2. The lowest BCUT2D eigenvalue weighted by molar-refractivity contribution is -0.143. The first-order valence-electron chi connectivity index (χ1n) is 9.38. The molecule has 1 fully saturated rings. The van der Waals surface area contributed by atoms with Gasteiger partial charge in [0.15, 0.2) is 0 Å². The van der Waals surface area contributed by atoms with Crippen LogP contribution >= 0.6 is 0 Å². The number of rotatable bonds is 9. The van der Waals surface area contributed by atoms with Gasteiger partial charge in [0.1, 0.15) is 0 Å². The van der Waals surface area contributed by atoms with Crippen molar-refractivity contribution in [2.45, 2.75) is 52.1 Å². The third-order valence-electron chi connectivity index (χ3n) is 4.77. The van der Waals surface area contributed by atoms with Crippen LogP contribution < -0.4 is 5.32 Å². The van der Waals surface area contributed by atoms with Gasteiger partial charge in [-0.2, -0.15) is 0 Å². The molecule has 1 saturated heterocycles. The maximum atomic E-state index is 11.7. The molecule has 0 bridgehead atoms. The van der Waals surface area contributed by atoms with Gasteiger partial charge in [-0.1, -0.05) is 37.3 Å². The molecule has 2 atom stereocenters. The molecule has 134 valence electrons. The highest BCUT2D eigenvalue weighted by Crippen LogP contribution is 2.24. The minimum absolute atomic E-state index is 0.0570. The summed E-state index contributed by atoms with van der Waals surface area (Å²) in [6, 6.07) is 11.1. The minimum Gasteiger partial charge on any atom is -0.466 e. The number of hydrogen-bond donors (Lipinski definition) is 1. The second-order valence-electron chi connectivity index (χ2n) is 6.67. The lowest BCUT2D eigenvalue weighted by atomic mass is 9.87. The van der Waals surface area contributed by atoms with E-state index in [0.717, 1.165) is 45.4 Å². The quantitative estimate of drug-likeness (QED) is 0.705. The predicted octanol–water partition coefficient (Wildman–Crippen LogP) is 3.22. The Bertz CT molecular complexity index is 478. The van der Waals surface area contributed by atoms with Crippen LogP contribution in [-0.2, 0) is 16.1 Å². The number of likely N-dealkylation sites (tertiary alicyclic amines) is 1. The highest BCUT2D eigenvalue weighted by molar-refractivity contribution is 5.69. The molecular formula is C20H32N2O2. The maximum absolute atomic E-state index is 11.7. The van der Waals surface area contributed by atoms with Crippen molar-refractivity contribution in [3.05, 3.63) is 35.9 Å². The molecule has 1 aliphatic rings. The Labute approximate surface area is 146 Å². The summed E-state index contributed by atoms with van der Waals surface area (Å²) in [5.74, 6) is 0.506. The van der Waals surface area contributed by atoms with Crippen LogP contribution in [0.25, 0.3) is 0 Å². The van der Waals surface area contributed by atoms with Crippen molar-refractivity contribution in [1.29, 1.82) is 0 Å². The number of nitrogens with zero attached hydrogens (tertiary/aromatic N) is 1. The fourth-order valence-electron chi connectivity index (χ4n) is 3.50.